The van der Waals surface area contributed by atoms with Gasteiger partial charge in [-0.2, -0.15) is 0 Å². The van der Waals surface area contributed by atoms with Gasteiger partial charge in [-0.15, -0.1) is 0 Å². The molecule has 0 spiro atoms. The second-order valence-corrected chi connectivity index (χ2v) is 31.1. The quantitative estimate of drug-likeness (QED) is 0.125. The van der Waals surface area contributed by atoms with Gasteiger partial charge in [-0.25, -0.2) is 24.9 Å². The van der Waals surface area contributed by atoms with Crippen LogP contribution >= 0.6 is 0 Å². The molecular weight excluding hydrogens is 1520 g/mol. The number of nitrogens with zero attached hydrogens (tertiary/aromatic N) is 7. The molecule has 0 aliphatic rings. The fourth-order valence-corrected chi connectivity index (χ4v) is 17.5. The summed E-state index contributed by atoms with van der Waals surface area (Å²) in [5.41, 5.74) is 32.2. The minimum absolute atomic E-state index is 0.728. The number of hydrogen-bond donors (Lipinski definition) is 0. The molecule has 17 aromatic carbocycles. The molecule has 25 rings (SSSR count). The van der Waals surface area contributed by atoms with Gasteiger partial charge in [0.25, 0.3) is 0 Å². The molecule has 0 fully saturated rings. The van der Waals surface area contributed by atoms with Crippen LogP contribution in [-0.2, 0) is 0 Å². The Bertz CT molecular complexity index is 8410. The van der Waals surface area contributed by atoms with Crippen LogP contribution in [0.1, 0.15) is 0 Å². The Kier molecular flexibility index (Phi) is 18.0. The predicted molar refractivity (Wildman–Crippen MR) is 509 cm³/mol. The molecular formula is C114H71N7O3. The summed E-state index contributed by atoms with van der Waals surface area (Å²) >= 11 is 0. The van der Waals surface area contributed by atoms with Gasteiger partial charge in [0.1, 0.15) is 33.5 Å². The maximum atomic E-state index is 6.21. The molecule has 8 heterocycles. The molecule has 0 unspecified atom stereocenters. The maximum Gasteiger partial charge on any atom is 0.160 e. The van der Waals surface area contributed by atoms with Crippen molar-refractivity contribution in [1.82, 2.24) is 34.5 Å². The molecule has 10 heteroatoms. The van der Waals surface area contributed by atoms with Gasteiger partial charge in [0.05, 0.1) is 61.6 Å². The van der Waals surface area contributed by atoms with Crippen molar-refractivity contribution in [3.05, 3.63) is 431 Å². The van der Waals surface area contributed by atoms with Crippen LogP contribution in [0, 0.1) is 0 Å². The summed E-state index contributed by atoms with van der Waals surface area (Å²) in [4.78, 5) is 30.2. The second kappa shape index (κ2) is 30.8. The van der Waals surface area contributed by atoms with E-state index in [1.54, 1.807) is 0 Å². The Hall–Kier alpha value is -16.8. The van der Waals surface area contributed by atoms with E-state index in [2.05, 4.69) is 308 Å². The number of furan rings is 3. The van der Waals surface area contributed by atoms with Crippen LogP contribution in [0.4, 0.5) is 0 Å². The molecule has 124 heavy (non-hydrogen) atoms. The minimum Gasteiger partial charge on any atom is -0.456 e. The van der Waals surface area contributed by atoms with Crippen LogP contribution in [0.2, 0.25) is 0 Å². The SMILES string of the molecule is c1ccc(-c2cccc(-c3ccc(-c4nc5ccccc5nc4-c4ccc5c(c4)oc4ccccc45)cc3)c2)cc1.c1ccc(-c2nc(-c3ccccc3)c3ccc(-c4ccc(-c5ccc6oc7ccccc7c6c5)cc4)cc3n2)cc1.c1ccc(-n2c3ccccc3c3ccc(-c4nc(-c5ccc6c(c5)oc5ccccc56)cc5ncccc45)cc32)cc1. The molecule has 580 valence electrons. The van der Waals surface area contributed by atoms with Gasteiger partial charge in [0.15, 0.2) is 5.82 Å². The minimum atomic E-state index is 0.728. The van der Waals surface area contributed by atoms with Crippen molar-refractivity contribution in [3.63, 3.8) is 0 Å². The lowest BCUT2D eigenvalue weighted by Crippen LogP contribution is -1.95. The molecule has 0 bridgehead atoms. The molecule has 0 aliphatic heterocycles. The first kappa shape index (κ1) is 72.4. The normalized spacial score (nSPS) is 11.5. The topological polar surface area (TPSA) is 122 Å². The summed E-state index contributed by atoms with van der Waals surface area (Å²) in [6.07, 6.45) is 1.84. The van der Waals surface area contributed by atoms with Gasteiger partial charge in [0, 0.05) is 99.1 Å². The summed E-state index contributed by atoms with van der Waals surface area (Å²) in [5, 5.41) is 11.2. The van der Waals surface area contributed by atoms with Crippen molar-refractivity contribution in [3.8, 4) is 118 Å². The highest BCUT2D eigenvalue weighted by Crippen LogP contribution is 2.43. The third kappa shape index (κ3) is 13.4. The van der Waals surface area contributed by atoms with E-state index in [0.29, 0.717) is 0 Å². The standard InChI is InChI=1S/C38H23N3O.2C38H24N2O/c1-2-9-26(10-3-1)41-34-14-6-4-11-27(34)28-18-17-25(21-35(28)41)38-31-13-8-20-39-33(31)23-32(40-38)24-16-19-30-29-12-5-7-15-36(29)42-37(30)22-24;1-3-9-27(10-4-1)37-32-21-19-30(24-34(32)39-38(40-37)28-11-5-2-6-12-28)26-17-15-25(16-18-26)29-20-22-36-33(23-29)31-13-7-8-14-35(31)41-36;1-2-9-25(10-3-1)28-11-8-12-29(23-28)26-17-19-27(20-18-26)37-38(40-34-15-6-5-14-33(34)39-37)30-21-22-32-31-13-4-7-16-35(31)41-36(32)24-30/h1-23H;2*1-24H. The molecule has 25 aromatic rings. The zero-order valence-electron chi connectivity index (χ0n) is 66.8. The van der Waals surface area contributed by atoms with E-state index in [9.17, 15) is 0 Å². The first-order valence-corrected chi connectivity index (χ1v) is 41.6. The van der Waals surface area contributed by atoms with Gasteiger partial charge >= 0.3 is 0 Å². The molecule has 0 atom stereocenters. The van der Waals surface area contributed by atoms with E-state index in [-0.39, 0.29) is 0 Å². The third-order valence-electron chi connectivity index (χ3n) is 23.6. The largest absolute Gasteiger partial charge is 0.456 e. The Morgan fingerprint density at radius 2 is 0.573 bits per heavy atom. The van der Waals surface area contributed by atoms with Crippen LogP contribution < -0.4 is 0 Å². The van der Waals surface area contributed by atoms with Gasteiger partial charge < -0.3 is 17.8 Å². The summed E-state index contributed by atoms with van der Waals surface area (Å²) in [5.74, 6) is 0.728. The maximum absolute atomic E-state index is 6.21. The van der Waals surface area contributed by atoms with Crippen LogP contribution in [0.25, 0.3) is 238 Å². The summed E-state index contributed by atoms with van der Waals surface area (Å²) < 4.78 is 20.8. The zero-order chi connectivity index (χ0) is 82.0. The Morgan fingerprint density at radius 3 is 1.22 bits per heavy atom. The number of benzene rings is 17. The van der Waals surface area contributed by atoms with E-state index in [1.807, 2.05) is 128 Å². The van der Waals surface area contributed by atoms with Crippen LogP contribution in [0.15, 0.2) is 444 Å². The van der Waals surface area contributed by atoms with E-state index >= 15 is 0 Å². The average Bonchev–Trinajstić information content (AvgIpc) is 1.48. The van der Waals surface area contributed by atoms with Crippen LogP contribution in [0.3, 0.4) is 0 Å². The monoisotopic (exact) mass is 1590 g/mol. The highest BCUT2D eigenvalue weighted by atomic mass is 16.3. The van der Waals surface area contributed by atoms with Gasteiger partial charge in [0.2, 0.25) is 0 Å². The fraction of sp³-hybridized carbons (Fsp3) is 0. The number of para-hydroxylation sites is 7. The zero-order valence-corrected chi connectivity index (χ0v) is 66.8. The number of rotatable bonds is 11. The lowest BCUT2D eigenvalue weighted by Gasteiger charge is -2.12. The molecule has 8 aromatic heterocycles. The fourth-order valence-electron chi connectivity index (χ4n) is 17.5. The molecule has 10 nitrogen and oxygen atoms in total. The molecule has 0 radical (unpaired) electrons. The molecule has 0 N–H and O–H groups in total. The Balaban J connectivity index is 0.000000107. The van der Waals surface area contributed by atoms with Gasteiger partial charge in [-0.05, 0) is 172 Å². The van der Waals surface area contributed by atoms with Crippen LogP contribution in [-0.4, -0.2) is 34.5 Å². The predicted octanol–water partition coefficient (Wildman–Crippen LogP) is 30.4. The highest BCUT2D eigenvalue weighted by molar-refractivity contribution is 6.12. The molecule has 0 saturated heterocycles. The average molecular weight is 1590 g/mol. The second-order valence-electron chi connectivity index (χ2n) is 31.1. The third-order valence-corrected chi connectivity index (χ3v) is 23.6. The number of pyridine rings is 2. The van der Waals surface area contributed by atoms with Crippen molar-refractivity contribution < 1.29 is 13.3 Å². The number of fused-ring (bicyclic) bond motifs is 15. The number of hydrogen-bond acceptors (Lipinski definition) is 9. The van der Waals surface area contributed by atoms with Crippen molar-refractivity contribution in [1.29, 1.82) is 0 Å². The Labute approximate surface area is 712 Å². The Morgan fingerprint density at radius 1 is 0.177 bits per heavy atom. The van der Waals surface area contributed by atoms with E-state index in [0.717, 1.165) is 194 Å². The first-order chi connectivity index (χ1) is 61.4. The van der Waals surface area contributed by atoms with E-state index in [4.69, 9.17) is 43.2 Å². The summed E-state index contributed by atoms with van der Waals surface area (Å²) in [7, 11) is 0. The van der Waals surface area contributed by atoms with Crippen molar-refractivity contribution in [2.24, 2.45) is 0 Å². The lowest BCUT2D eigenvalue weighted by atomic mass is 9.97. The lowest BCUT2D eigenvalue weighted by molar-refractivity contribution is 0.668. The van der Waals surface area contributed by atoms with E-state index < -0.39 is 0 Å². The van der Waals surface area contributed by atoms with Gasteiger partial charge in [-0.1, -0.05) is 297 Å². The molecule has 0 aliphatic carbocycles. The van der Waals surface area contributed by atoms with Crippen molar-refractivity contribution in [2.45, 2.75) is 0 Å². The van der Waals surface area contributed by atoms with Crippen molar-refractivity contribution >= 4 is 120 Å². The molecule has 0 amide bonds. The smallest absolute Gasteiger partial charge is 0.160 e. The van der Waals surface area contributed by atoms with Crippen LogP contribution in [0.5, 0.6) is 0 Å². The van der Waals surface area contributed by atoms with Gasteiger partial charge in [-0.3, -0.25) is 4.98 Å². The molecule has 0 saturated carbocycles. The first-order valence-electron chi connectivity index (χ1n) is 41.6. The number of aromatic nitrogens is 7. The van der Waals surface area contributed by atoms with Crippen molar-refractivity contribution in [2.75, 3.05) is 0 Å². The highest BCUT2D eigenvalue weighted by Gasteiger charge is 2.22. The summed E-state index contributed by atoms with van der Waals surface area (Å²) in [6.45, 7) is 0. The van der Waals surface area contributed by atoms with E-state index in [1.165, 1.54) is 44.1 Å². The summed E-state index contributed by atoms with van der Waals surface area (Å²) in [6, 6.07) is 147.